The fraction of sp³-hybridized carbons (Fsp3) is 0.0588. The fourth-order valence-corrected chi connectivity index (χ4v) is 3.03. The summed E-state index contributed by atoms with van der Waals surface area (Å²) in [5.41, 5.74) is 0.319. The van der Waals surface area contributed by atoms with Crippen LogP contribution in [0.2, 0.25) is 0 Å². The summed E-state index contributed by atoms with van der Waals surface area (Å²) in [7, 11) is 0. The van der Waals surface area contributed by atoms with Crippen molar-refractivity contribution in [3.63, 3.8) is 0 Å². The molecule has 0 spiro atoms. The highest BCUT2D eigenvalue weighted by Gasteiger charge is 2.30. The van der Waals surface area contributed by atoms with Crippen LogP contribution in [0.3, 0.4) is 0 Å². The summed E-state index contributed by atoms with van der Waals surface area (Å²) in [5, 5.41) is 9.05. The van der Waals surface area contributed by atoms with E-state index in [2.05, 4.69) is 20.4 Å². The Morgan fingerprint density at radius 2 is 1.96 bits per heavy atom. The van der Waals surface area contributed by atoms with Crippen molar-refractivity contribution in [1.82, 2.24) is 19.6 Å². The molecule has 136 valence electrons. The van der Waals surface area contributed by atoms with Gasteiger partial charge in [-0.05, 0) is 18.2 Å². The van der Waals surface area contributed by atoms with Crippen LogP contribution < -0.4 is 5.32 Å². The van der Waals surface area contributed by atoms with E-state index in [1.165, 1.54) is 46.3 Å². The SMILES string of the molecule is O=C(Nc1nccs1)c1ccnc2cc(-c3cccc(C(F)(F)F)c3)nn12. The quantitative estimate of drug-likeness (QED) is 0.572. The maximum absolute atomic E-state index is 12.9. The summed E-state index contributed by atoms with van der Waals surface area (Å²) in [5.74, 6) is -0.448. The number of rotatable bonds is 3. The second-order valence-corrected chi connectivity index (χ2v) is 6.39. The van der Waals surface area contributed by atoms with E-state index in [9.17, 15) is 18.0 Å². The number of fused-ring (bicyclic) bond motifs is 1. The molecule has 1 N–H and O–H groups in total. The Bertz CT molecular complexity index is 1120. The lowest BCUT2D eigenvalue weighted by molar-refractivity contribution is -0.137. The summed E-state index contributed by atoms with van der Waals surface area (Å²) in [6.07, 6.45) is -1.46. The topological polar surface area (TPSA) is 72.2 Å². The van der Waals surface area contributed by atoms with Gasteiger partial charge in [-0.3, -0.25) is 10.1 Å². The van der Waals surface area contributed by atoms with Gasteiger partial charge in [-0.25, -0.2) is 14.5 Å². The highest BCUT2D eigenvalue weighted by molar-refractivity contribution is 7.13. The van der Waals surface area contributed by atoms with Gasteiger partial charge in [0.1, 0.15) is 5.69 Å². The Balaban J connectivity index is 1.74. The first-order valence-electron chi connectivity index (χ1n) is 7.65. The first kappa shape index (κ1) is 17.2. The van der Waals surface area contributed by atoms with Gasteiger partial charge in [0.05, 0.1) is 11.3 Å². The average molecular weight is 389 g/mol. The van der Waals surface area contributed by atoms with Gasteiger partial charge < -0.3 is 0 Å². The second-order valence-electron chi connectivity index (χ2n) is 5.50. The van der Waals surface area contributed by atoms with Gasteiger partial charge in [-0.1, -0.05) is 12.1 Å². The predicted octanol–water partition coefficient (Wildman–Crippen LogP) is 4.12. The summed E-state index contributed by atoms with van der Waals surface area (Å²) in [4.78, 5) is 20.6. The van der Waals surface area contributed by atoms with Crippen LogP contribution in [0.5, 0.6) is 0 Å². The molecule has 0 fully saturated rings. The van der Waals surface area contributed by atoms with E-state index in [0.29, 0.717) is 10.8 Å². The highest BCUT2D eigenvalue weighted by atomic mass is 32.1. The van der Waals surface area contributed by atoms with Crippen molar-refractivity contribution in [1.29, 1.82) is 0 Å². The number of thiazole rings is 1. The first-order valence-corrected chi connectivity index (χ1v) is 8.53. The minimum atomic E-state index is -4.45. The zero-order valence-electron chi connectivity index (χ0n) is 13.4. The molecular formula is C17H10F3N5OS. The summed E-state index contributed by atoms with van der Waals surface area (Å²) in [6, 6.07) is 7.83. The minimum absolute atomic E-state index is 0.188. The molecule has 0 aliphatic rings. The van der Waals surface area contributed by atoms with E-state index in [0.717, 1.165) is 12.1 Å². The maximum Gasteiger partial charge on any atom is 0.416 e. The molecule has 1 amide bonds. The van der Waals surface area contributed by atoms with Gasteiger partial charge in [-0.15, -0.1) is 11.3 Å². The van der Waals surface area contributed by atoms with E-state index in [-0.39, 0.29) is 17.0 Å². The normalized spacial score (nSPS) is 11.7. The van der Waals surface area contributed by atoms with E-state index in [1.807, 2.05) is 0 Å². The lowest BCUT2D eigenvalue weighted by atomic mass is 10.1. The van der Waals surface area contributed by atoms with Gasteiger partial charge in [0.2, 0.25) is 0 Å². The van der Waals surface area contributed by atoms with Crippen LogP contribution in [-0.2, 0) is 6.18 Å². The second kappa shape index (κ2) is 6.47. The van der Waals surface area contributed by atoms with Crippen molar-refractivity contribution >= 4 is 28.0 Å². The molecule has 0 bridgehead atoms. The van der Waals surface area contributed by atoms with Crippen LogP contribution in [0.4, 0.5) is 18.3 Å². The highest BCUT2D eigenvalue weighted by Crippen LogP contribution is 2.32. The molecule has 4 rings (SSSR count). The Morgan fingerprint density at radius 3 is 2.70 bits per heavy atom. The summed E-state index contributed by atoms with van der Waals surface area (Å²) >= 11 is 1.26. The van der Waals surface area contributed by atoms with Gasteiger partial charge in [0.25, 0.3) is 5.91 Å². The largest absolute Gasteiger partial charge is 0.416 e. The number of hydrogen-bond acceptors (Lipinski definition) is 5. The molecule has 0 saturated heterocycles. The third-order valence-corrected chi connectivity index (χ3v) is 4.42. The molecule has 0 radical (unpaired) electrons. The zero-order chi connectivity index (χ0) is 19.0. The lowest BCUT2D eigenvalue weighted by Crippen LogP contribution is -2.16. The van der Waals surface area contributed by atoms with Crippen molar-refractivity contribution in [3.05, 3.63) is 65.4 Å². The minimum Gasteiger partial charge on any atom is -0.296 e. The smallest absolute Gasteiger partial charge is 0.296 e. The molecule has 1 aromatic carbocycles. The summed E-state index contributed by atoms with van der Waals surface area (Å²) in [6.45, 7) is 0. The fourth-order valence-electron chi connectivity index (χ4n) is 2.51. The summed E-state index contributed by atoms with van der Waals surface area (Å²) < 4.78 is 40.1. The Morgan fingerprint density at radius 1 is 1.11 bits per heavy atom. The van der Waals surface area contributed by atoms with Crippen molar-refractivity contribution in [3.8, 4) is 11.3 Å². The predicted molar refractivity (Wildman–Crippen MR) is 93.5 cm³/mol. The van der Waals surface area contributed by atoms with E-state index >= 15 is 0 Å². The van der Waals surface area contributed by atoms with Crippen LogP contribution in [0.1, 0.15) is 16.1 Å². The number of benzene rings is 1. The number of carbonyl (C=O) groups excluding carboxylic acids is 1. The van der Waals surface area contributed by atoms with Crippen molar-refractivity contribution in [2.45, 2.75) is 6.18 Å². The molecule has 0 unspecified atom stereocenters. The molecular weight excluding hydrogens is 379 g/mol. The standard InChI is InChI=1S/C17H10F3N5OS/c18-17(19,20)11-3-1-2-10(8-11)12-9-14-21-5-4-13(25(14)24-12)15(26)23-16-22-6-7-27-16/h1-9H,(H,22,23,26). The number of amides is 1. The molecule has 0 aliphatic heterocycles. The number of alkyl halides is 3. The van der Waals surface area contributed by atoms with Crippen LogP contribution in [-0.4, -0.2) is 25.5 Å². The molecule has 0 atom stereocenters. The van der Waals surface area contributed by atoms with Crippen LogP contribution in [0.25, 0.3) is 16.9 Å². The number of aromatic nitrogens is 4. The molecule has 0 saturated carbocycles. The number of hydrogen-bond donors (Lipinski definition) is 1. The molecule has 0 aliphatic carbocycles. The Kier molecular flexibility index (Phi) is 4.11. The lowest BCUT2D eigenvalue weighted by Gasteiger charge is -2.07. The number of nitrogens with zero attached hydrogens (tertiary/aromatic N) is 4. The number of carbonyl (C=O) groups is 1. The van der Waals surface area contributed by atoms with Gasteiger partial charge in [-0.2, -0.15) is 18.3 Å². The molecule has 3 heterocycles. The average Bonchev–Trinajstić information content (AvgIpc) is 3.30. The third kappa shape index (κ3) is 3.38. The van der Waals surface area contributed by atoms with E-state index in [4.69, 9.17) is 0 Å². The Labute approximate surface area is 154 Å². The van der Waals surface area contributed by atoms with Gasteiger partial charge in [0.15, 0.2) is 10.8 Å². The monoisotopic (exact) mass is 389 g/mol. The number of nitrogens with one attached hydrogen (secondary N) is 1. The number of halogens is 3. The molecule has 10 heteroatoms. The Hall–Kier alpha value is -3.27. The van der Waals surface area contributed by atoms with Crippen molar-refractivity contribution in [2.75, 3.05) is 5.32 Å². The van der Waals surface area contributed by atoms with E-state index in [1.54, 1.807) is 11.6 Å². The van der Waals surface area contributed by atoms with Crippen LogP contribution >= 0.6 is 11.3 Å². The van der Waals surface area contributed by atoms with Crippen LogP contribution in [0, 0.1) is 0 Å². The van der Waals surface area contributed by atoms with Crippen molar-refractivity contribution < 1.29 is 18.0 Å². The van der Waals surface area contributed by atoms with Gasteiger partial charge >= 0.3 is 6.18 Å². The molecule has 4 aromatic rings. The third-order valence-electron chi connectivity index (χ3n) is 3.73. The maximum atomic E-state index is 12.9. The van der Waals surface area contributed by atoms with E-state index < -0.39 is 17.6 Å². The first-order chi connectivity index (χ1) is 12.9. The zero-order valence-corrected chi connectivity index (χ0v) is 14.3. The number of anilines is 1. The van der Waals surface area contributed by atoms with Gasteiger partial charge in [0, 0.05) is 29.4 Å². The molecule has 27 heavy (non-hydrogen) atoms. The van der Waals surface area contributed by atoms with Crippen LogP contribution in [0.15, 0.2) is 54.2 Å². The molecule has 6 nitrogen and oxygen atoms in total. The van der Waals surface area contributed by atoms with Crippen molar-refractivity contribution in [2.24, 2.45) is 0 Å². The molecule has 3 aromatic heterocycles.